The maximum atomic E-state index is 12.7. The number of hydrogen-bond acceptors (Lipinski definition) is 5. The van der Waals surface area contributed by atoms with E-state index in [1.807, 2.05) is 20.8 Å². The van der Waals surface area contributed by atoms with Crippen molar-refractivity contribution in [2.24, 2.45) is 11.1 Å². The van der Waals surface area contributed by atoms with Gasteiger partial charge in [-0.15, -0.1) is 0 Å². The normalized spacial score (nSPS) is 19.0. The van der Waals surface area contributed by atoms with E-state index in [1.54, 1.807) is 0 Å². The number of nitrogens with zero attached hydrogens (tertiary/aromatic N) is 3. The predicted molar refractivity (Wildman–Crippen MR) is 120 cm³/mol. The van der Waals surface area contributed by atoms with E-state index in [1.165, 1.54) is 23.1 Å². The summed E-state index contributed by atoms with van der Waals surface area (Å²) in [6.07, 6.45) is -0.626. The van der Waals surface area contributed by atoms with Crippen molar-refractivity contribution in [3.05, 3.63) is 50.4 Å². The van der Waals surface area contributed by atoms with Crippen LogP contribution >= 0.6 is 23.2 Å². The molecule has 172 valence electrons. The van der Waals surface area contributed by atoms with Crippen LogP contribution in [0.15, 0.2) is 29.1 Å². The van der Waals surface area contributed by atoms with Crippen molar-refractivity contribution in [1.82, 2.24) is 14.7 Å². The van der Waals surface area contributed by atoms with E-state index in [9.17, 15) is 19.5 Å². The molecule has 0 bridgehead atoms. The summed E-state index contributed by atoms with van der Waals surface area (Å²) in [5.41, 5.74) is 4.70. The molecule has 3 rings (SSSR count). The van der Waals surface area contributed by atoms with E-state index >= 15 is 0 Å². The highest BCUT2D eigenvalue weighted by Crippen LogP contribution is 2.34. The summed E-state index contributed by atoms with van der Waals surface area (Å²) in [5, 5.41) is 14.1. The molecule has 1 aromatic heterocycles. The van der Waals surface area contributed by atoms with Crippen molar-refractivity contribution >= 4 is 35.2 Å². The van der Waals surface area contributed by atoms with Crippen LogP contribution in [0.25, 0.3) is 5.69 Å². The molecule has 1 aliphatic rings. The summed E-state index contributed by atoms with van der Waals surface area (Å²) in [4.78, 5) is 37.8. The van der Waals surface area contributed by atoms with Crippen LogP contribution in [0.1, 0.15) is 44.1 Å². The molecule has 1 aliphatic heterocycles. The van der Waals surface area contributed by atoms with Crippen LogP contribution in [0.2, 0.25) is 10.0 Å². The molecule has 2 aromatic rings. The number of carbonyl (C=O) groups excluding carboxylic acids is 1. The van der Waals surface area contributed by atoms with Crippen molar-refractivity contribution in [2.45, 2.75) is 45.8 Å². The van der Waals surface area contributed by atoms with Gasteiger partial charge >= 0.3 is 6.09 Å². The lowest BCUT2D eigenvalue weighted by Gasteiger charge is -2.44. The van der Waals surface area contributed by atoms with Crippen molar-refractivity contribution < 1.29 is 19.4 Å². The lowest BCUT2D eigenvalue weighted by atomic mass is 9.80. The standard InChI is InChI=1S/C21H24Cl2N4O5/c1-21(2,3)16-9-12(6-7-26(16)20(30)31)32-15-10-17(28)27(25-18(15)19(24)29)11-4-5-13(22)14(23)8-11/h4-5,8,10,12,16H,6-7,9H2,1-3H3,(H2,24,29)(H,30,31). The fourth-order valence-corrected chi connectivity index (χ4v) is 4.06. The quantitative estimate of drug-likeness (QED) is 0.685. The number of carboxylic acid groups (broad SMARTS) is 1. The fourth-order valence-electron chi connectivity index (χ4n) is 3.77. The van der Waals surface area contributed by atoms with Crippen molar-refractivity contribution in [3.8, 4) is 11.4 Å². The van der Waals surface area contributed by atoms with Gasteiger partial charge in [0.1, 0.15) is 6.10 Å². The Morgan fingerprint density at radius 1 is 1.22 bits per heavy atom. The molecular formula is C21H24Cl2N4O5. The first kappa shape index (κ1) is 23.9. The highest BCUT2D eigenvalue weighted by molar-refractivity contribution is 6.42. The van der Waals surface area contributed by atoms with Crippen LogP contribution in [0.5, 0.6) is 5.75 Å². The predicted octanol–water partition coefficient (Wildman–Crippen LogP) is 3.57. The minimum absolute atomic E-state index is 0.0414. The number of ether oxygens (including phenoxy) is 1. The summed E-state index contributed by atoms with van der Waals surface area (Å²) >= 11 is 11.9. The van der Waals surface area contributed by atoms with Crippen LogP contribution in [0.4, 0.5) is 4.79 Å². The molecule has 11 heteroatoms. The second-order valence-electron chi connectivity index (χ2n) is 8.69. The molecule has 0 radical (unpaired) electrons. The van der Waals surface area contributed by atoms with Crippen LogP contribution in [0, 0.1) is 5.41 Å². The van der Waals surface area contributed by atoms with Crippen molar-refractivity contribution in [1.29, 1.82) is 0 Å². The lowest BCUT2D eigenvalue weighted by molar-refractivity contribution is 0.0126. The second-order valence-corrected chi connectivity index (χ2v) is 9.51. The second kappa shape index (κ2) is 8.99. The van der Waals surface area contributed by atoms with Crippen molar-refractivity contribution in [2.75, 3.05) is 6.54 Å². The number of benzene rings is 1. The minimum atomic E-state index is -0.993. The average molecular weight is 483 g/mol. The molecule has 9 nitrogen and oxygen atoms in total. The number of piperidine rings is 1. The van der Waals surface area contributed by atoms with Gasteiger partial charge in [0.25, 0.3) is 11.5 Å². The highest BCUT2D eigenvalue weighted by Gasteiger charge is 2.39. The Bertz CT molecular complexity index is 1110. The molecule has 2 atom stereocenters. The van der Waals surface area contributed by atoms with Gasteiger partial charge in [-0.3, -0.25) is 9.59 Å². The van der Waals surface area contributed by atoms with Gasteiger partial charge in [0, 0.05) is 25.4 Å². The molecule has 2 heterocycles. The van der Waals surface area contributed by atoms with Gasteiger partial charge < -0.3 is 20.5 Å². The Balaban J connectivity index is 1.94. The van der Waals surface area contributed by atoms with Crippen LogP contribution in [-0.2, 0) is 0 Å². The summed E-state index contributed by atoms with van der Waals surface area (Å²) in [7, 11) is 0. The molecule has 2 amide bonds. The Morgan fingerprint density at radius 3 is 2.47 bits per heavy atom. The van der Waals surface area contributed by atoms with Gasteiger partial charge in [-0.25, -0.2) is 4.79 Å². The third-order valence-electron chi connectivity index (χ3n) is 5.37. The number of carbonyl (C=O) groups is 2. The smallest absolute Gasteiger partial charge is 0.407 e. The molecule has 0 aliphatic carbocycles. The van der Waals surface area contributed by atoms with Crippen LogP contribution < -0.4 is 16.0 Å². The zero-order valence-electron chi connectivity index (χ0n) is 17.8. The topological polar surface area (TPSA) is 128 Å². The lowest BCUT2D eigenvalue weighted by Crippen LogP contribution is -2.53. The zero-order chi connectivity index (χ0) is 23.8. The molecule has 1 saturated heterocycles. The number of primary amides is 1. The Hall–Kier alpha value is -2.78. The van der Waals surface area contributed by atoms with Gasteiger partial charge in [0.15, 0.2) is 11.4 Å². The number of hydrogen-bond donors (Lipinski definition) is 2. The van der Waals surface area contributed by atoms with Crippen LogP contribution in [0.3, 0.4) is 0 Å². The van der Waals surface area contributed by atoms with E-state index in [0.717, 1.165) is 10.7 Å². The molecule has 0 saturated carbocycles. The molecule has 3 N–H and O–H groups in total. The zero-order valence-corrected chi connectivity index (χ0v) is 19.4. The molecule has 2 unspecified atom stereocenters. The maximum Gasteiger partial charge on any atom is 0.407 e. The van der Waals surface area contributed by atoms with Gasteiger partial charge in [0.05, 0.1) is 21.8 Å². The molecule has 1 fully saturated rings. The number of halogens is 2. The number of amides is 2. The Kier molecular flexibility index (Phi) is 6.71. The van der Waals surface area contributed by atoms with Gasteiger partial charge in [-0.1, -0.05) is 44.0 Å². The monoisotopic (exact) mass is 482 g/mol. The minimum Gasteiger partial charge on any atom is -0.488 e. The number of likely N-dealkylation sites (tertiary alicyclic amines) is 1. The van der Waals surface area contributed by atoms with Crippen LogP contribution in [-0.4, -0.2) is 50.5 Å². The first-order chi connectivity index (χ1) is 14.9. The Labute approximate surface area is 194 Å². The SMILES string of the molecule is CC(C)(C)C1CC(Oc2cc(=O)n(-c3ccc(Cl)c(Cl)c3)nc2C(N)=O)CCN1C(=O)O. The third-order valence-corrected chi connectivity index (χ3v) is 6.11. The molecule has 32 heavy (non-hydrogen) atoms. The number of aromatic nitrogens is 2. The summed E-state index contributed by atoms with van der Waals surface area (Å²) in [5.74, 6) is -0.913. The summed E-state index contributed by atoms with van der Waals surface area (Å²) in [6.45, 7) is 6.11. The van der Waals surface area contributed by atoms with Gasteiger partial charge in [0.2, 0.25) is 0 Å². The van der Waals surface area contributed by atoms with E-state index < -0.39 is 23.7 Å². The molecule has 0 spiro atoms. The van der Waals surface area contributed by atoms with E-state index in [2.05, 4.69) is 5.10 Å². The van der Waals surface area contributed by atoms with Crippen molar-refractivity contribution in [3.63, 3.8) is 0 Å². The van der Waals surface area contributed by atoms with E-state index in [4.69, 9.17) is 33.7 Å². The highest BCUT2D eigenvalue weighted by atomic mass is 35.5. The van der Waals surface area contributed by atoms with Gasteiger partial charge in [-0.2, -0.15) is 9.78 Å². The van der Waals surface area contributed by atoms with Gasteiger partial charge in [-0.05, 0) is 23.6 Å². The first-order valence-electron chi connectivity index (χ1n) is 9.94. The average Bonchev–Trinajstić information content (AvgIpc) is 2.69. The summed E-state index contributed by atoms with van der Waals surface area (Å²) < 4.78 is 6.96. The molecular weight excluding hydrogens is 459 g/mol. The number of rotatable bonds is 4. The summed E-state index contributed by atoms with van der Waals surface area (Å²) in [6, 6.07) is 5.32. The molecule has 1 aromatic carbocycles. The largest absolute Gasteiger partial charge is 0.488 e. The van der Waals surface area contributed by atoms with E-state index in [-0.39, 0.29) is 34.5 Å². The third kappa shape index (κ3) is 4.99. The number of nitrogens with two attached hydrogens (primary N) is 1. The first-order valence-corrected chi connectivity index (χ1v) is 10.7. The Morgan fingerprint density at radius 2 is 1.91 bits per heavy atom. The fraction of sp³-hybridized carbons (Fsp3) is 0.429. The maximum absolute atomic E-state index is 12.7. The van der Waals surface area contributed by atoms with E-state index in [0.29, 0.717) is 23.6 Å².